The predicted molar refractivity (Wildman–Crippen MR) is 77.6 cm³/mol. The zero-order valence-electron chi connectivity index (χ0n) is 12.0. The monoisotopic (exact) mass is 302 g/mol. The van der Waals surface area contributed by atoms with Crippen LogP contribution < -0.4 is 5.32 Å². The lowest BCUT2D eigenvalue weighted by molar-refractivity contribution is -0.134. The molecule has 0 radical (unpaired) electrons. The van der Waals surface area contributed by atoms with E-state index in [0.717, 1.165) is 12.8 Å². The number of Topliss-reactive ketones (excluding diaryl/α,β-unsaturated/α-hetero) is 1. The number of hydrogen-bond donors (Lipinski definition) is 1. The van der Waals surface area contributed by atoms with Gasteiger partial charge in [-0.2, -0.15) is 0 Å². The van der Waals surface area contributed by atoms with Gasteiger partial charge in [-0.25, -0.2) is 0 Å². The molecule has 1 N–H and O–H groups in total. The number of carbonyl (C=O) groups excluding carboxylic acids is 3. The maximum absolute atomic E-state index is 11.8. The molecular formula is C14H23ClN2O3. The van der Waals surface area contributed by atoms with Crippen LogP contribution in [0.5, 0.6) is 0 Å². The first kappa shape index (κ1) is 17.0. The fourth-order valence-corrected chi connectivity index (χ4v) is 2.38. The van der Waals surface area contributed by atoms with E-state index in [2.05, 4.69) is 5.32 Å². The zero-order chi connectivity index (χ0) is 15.0. The lowest BCUT2D eigenvalue weighted by Gasteiger charge is -2.32. The molecule has 1 aliphatic rings. The van der Waals surface area contributed by atoms with Gasteiger partial charge in [0.1, 0.15) is 5.78 Å². The lowest BCUT2D eigenvalue weighted by Crippen LogP contribution is -2.46. The van der Waals surface area contributed by atoms with E-state index in [1.807, 2.05) is 0 Å². The molecule has 5 nitrogen and oxygen atoms in total. The van der Waals surface area contributed by atoms with Crippen molar-refractivity contribution in [2.24, 2.45) is 0 Å². The largest absolute Gasteiger partial charge is 0.353 e. The molecule has 114 valence electrons. The molecule has 0 aliphatic carbocycles. The van der Waals surface area contributed by atoms with Gasteiger partial charge in [-0.1, -0.05) is 0 Å². The number of carbonyl (C=O) groups is 3. The number of nitrogens with zero attached hydrogens (tertiary/aromatic N) is 1. The molecule has 0 atom stereocenters. The second-order valence-corrected chi connectivity index (χ2v) is 5.60. The molecule has 0 aromatic rings. The molecule has 1 fully saturated rings. The third-order valence-electron chi connectivity index (χ3n) is 3.44. The van der Waals surface area contributed by atoms with Crippen molar-refractivity contribution in [2.75, 3.05) is 19.0 Å². The zero-order valence-corrected chi connectivity index (χ0v) is 12.7. The van der Waals surface area contributed by atoms with E-state index in [1.165, 1.54) is 6.92 Å². The van der Waals surface area contributed by atoms with Gasteiger partial charge in [0.25, 0.3) is 0 Å². The quantitative estimate of drug-likeness (QED) is 0.724. The highest BCUT2D eigenvalue weighted by Gasteiger charge is 2.23. The van der Waals surface area contributed by atoms with E-state index in [9.17, 15) is 14.4 Å². The number of alkyl halides is 1. The van der Waals surface area contributed by atoms with Gasteiger partial charge in [0.05, 0.1) is 0 Å². The van der Waals surface area contributed by atoms with Gasteiger partial charge in [-0.3, -0.25) is 9.59 Å². The third kappa shape index (κ3) is 6.37. The number of piperidine rings is 1. The van der Waals surface area contributed by atoms with Gasteiger partial charge < -0.3 is 15.0 Å². The Morgan fingerprint density at radius 1 is 1.15 bits per heavy atom. The number of likely N-dealkylation sites (tertiary alicyclic amines) is 1. The minimum Gasteiger partial charge on any atom is -0.353 e. The number of rotatable bonds is 7. The van der Waals surface area contributed by atoms with Crippen LogP contribution in [0.1, 0.15) is 45.4 Å². The summed E-state index contributed by atoms with van der Waals surface area (Å²) in [7, 11) is 0. The summed E-state index contributed by atoms with van der Waals surface area (Å²) >= 11 is 5.55. The van der Waals surface area contributed by atoms with Gasteiger partial charge in [0.15, 0.2) is 0 Å². The Labute approximate surface area is 125 Å². The van der Waals surface area contributed by atoms with Crippen molar-refractivity contribution in [3.05, 3.63) is 0 Å². The van der Waals surface area contributed by atoms with Gasteiger partial charge in [0, 0.05) is 44.3 Å². The number of hydrogen-bond acceptors (Lipinski definition) is 3. The topological polar surface area (TPSA) is 66.5 Å². The minimum atomic E-state index is 0.0343. The molecule has 2 amide bonds. The standard InChI is InChI=1S/C14H23ClN2O3/c1-11(18)4-5-14(20)17-9-6-12(7-10-17)16-13(19)3-2-8-15/h12H,2-10H2,1H3,(H,16,19). The summed E-state index contributed by atoms with van der Waals surface area (Å²) in [4.78, 5) is 36.1. The molecule has 1 rings (SSSR count). The van der Waals surface area contributed by atoms with E-state index < -0.39 is 0 Å². The van der Waals surface area contributed by atoms with Gasteiger partial charge in [-0.05, 0) is 26.2 Å². The van der Waals surface area contributed by atoms with Gasteiger partial charge in [0.2, 0.25) is 11.8 Å². The Morgan fingerprint density at radius 3 is 2.35 bits per heavy atom. The van der Waals surface area contributed by atoms with Crippen LogP contribution in [0.15, 0.2) is 0 Å². The Kier molecular flexibility index (Phi) is 7.59. The molecule has 1 heterocycles. The van der Waals surface area contributed by atoms with E-state index in [4.69, 9.17) is 11.6 Å². The molecule has 6 heteroatoms. The second-order valence-electron chi connectivity index (χ2n) is 5.22. The summed E-state index contributed by atoms with van der Waals surface area (Å²) in [5.41, 5.74) is 0. The summed E-state index contributed by atoms with van der Waals surface area (Å²) in [5, 5.41) is 2.97. The maximum atomic E-state index is 11.8. The minimum absolute atomic E-state index is 0.0343. The molecular weight excluding hydrogens is 280 g/mol. The number of nitrogens with one attached hydrogen (secondary N) is 1. The normalized spacial score (nSPS) is 16.0. The predicted octanol–water partition coefficient (Wildman–Crippen LogP) is 1.48. The first-order valence-electron chi connectivity index (χ1n) is 7.15. The molecule has 0 unspecified atom stereocenters. The summed E-state index contributed by atoms with van der Waals surface area (Å²) < 4.78 is 0. The van der Waals surface area contributed by atoms with Gasteiger partial charge in [-0.15, -0.1) is 11.6 Å². The Morgan fingerprint density at radius 2 is 1.80 bits per heavy atom. The second kappa shape index (κ2) is 8.95. The number of ketones is 1. The van der Waals surface area contributed by atoms with Crippen LogP contribution >= 0.6 is 11.6 Å². The molecule has 0 spiro atoms. The molecule has 0 aromatic heterocycles. The van der Waals surface area contributed by atoms with E-state index in [1.54, 1.807) is 4.90 Å². The molecule has 1 aliphatic heterocycles. The Bertz CT molecular complexity index is 352. The SMILES string of the molecule is CC(=O)CCC(=O)N1CCC(NC(=O)CCCCl)CC1. The summed E-state index contributed by atoms with van der Waals surface area (Å²) in [6, 6.07) is 0.148. The lowest BCUT2D eigenvalue weighted by atomic mass is 10.0. The smallest absolute Gasteiger partial charge is 0.223 e. The van der Waals surface area contributed by atoms with Crippen LogP contribution in [0.25, 0.3) is 0 Å². The number of halogens is 1. The summed E-state index contributed by atoms with van der Waals surface area (Å²) in [6.07, 6.45) is 3.31. The fraction of sp³-hybridized carbons (Fsp3) is 0.786. The fourth-order valence-electron chi connectivity index (χ4n) is 2.24. The molecule has 0 bridgehead atoms. The van der Waals surface area contributed by atoms with Crippen molar-refractivity contribution in [1.29, 1.82) is 0 Å². The van der Waals surface area contributed by atoms with Crippen LogP contribution in [0.3, 0.4) is 0 Å². The Balaban J connectivity index is 2.24. The van der Waals surface area contributed by atoms with Crippen molar-refractivity contribution in [3.63, 3.8) is 0 Å². The Hall–Kier alpha value is -1.10. The highest BCUT2D eigenvalue weighted by Crippen LogP contribution is 2.12. The average Bonchev–Trinajstić information content (AvgIpc) is 2.43. The van der Waals surface area contributed by atoms with Crippen LogP contribution in [0.2, 0.25) is 0 Å². The average molecular weight is 303 g/mol. The highest BCUT2D eigenvalue weighted by molar-refractivity contribution is 6.17. The first-order valence-corrected chi connectivity index (χ1v) is 7.69. The van der Waals surface area contributed by atoms with E-state index in [-0.39, 0.29) is 23.6 Å². The summed E-state index contributed by atoms with van der Waals surface area (Å²) in [6.45, 7) is 2.80. The van der Waals surface area contributed by atoms with Crippen LogP contribution in [0.4, 0.5) is 0 Å². The molecule has 0 saturated carbocycles. The van der Waals surface area contributed by atoms with Crippen LogP contribution in [-0.2, 0) is 14.4 Å². The van der Waals surface area contributed by atoms with Crippen LogP contribution in [-0.4, -0.2) is 47.5 Å². The van der Waals surface area contributed by atoms with Crippen molar-refractivity contribution in [1.82, 2.24) is 10.2 Å². The first-order chi connectivity index (χ1) is 9.52. The summed E-state index contributed by atoms with van der Waals surface area (Å²) in [5.74, 6) is 0.607. The molecule has 0 aromatic carbocycles. The van der Waals surface area contributed by atoms with E-state index >= 15 is 0 Å². The van der Waals surface area contributed by atoms with E-state index in [0.29, 0.717) is 44.7 Å². The van der Waals surface area contributed by atoms with Crippen molar-refractivity contribution in [3.8, 4) is 0 Å². The molecule has 20 heavy (non-hydrogen) atoms. The molecule has 1 saturated heterocycles. The van der Waals surface area contributed by atoms with Crippen molar-refractivity contribution >= 4 is 29.2 Å². The third-order valence-corrected chi connectivity index (χ3v) is 3.71. The number of amides is 2. The highest BCUT2D eigenvalue weighted by atomic mass is 35.5. The van der Waals surface area contributed by atoms with Crippen LogP contribution in [0, 0.1) is 0 Å². The van der Waals surface area contributed by atoms with Crippen molar-refractivity contribution < 1.29 is 14.4 Å². The van der Waals surface area contributed by atoms with Crippen molar-refractivity contribution in [2.45, 2.75) is 51.5 Å². The maximum Gasteiger partial charge on any atom is 0.223 e. The van der Waals surface area contributed by atoms with Gasteiger partial charge >= 0.3 is 0 Å².